The number of thiazole rings is 2. The van der Waals surface area contributed by atoms with E-state index in [1.807, 2.05) is 0 Å². The average molecular weight is 671 g/mol. The first-order valence-corrected chi connectivity index (χ1v) is 19.6. The Bertz CT molecular complexity index is 1200. The molecular weight excluding hydrogens is 613 g/mol. The molecule has 3 rings (SSSR count). The summed E-state index contributed by atoms with van der Waals surface area (Å²) in [5.74, 6) is -0.744. The number of benzene rings is 1. The Hall–Kier alpha value is -2.58. The lowest BCUT2D eigenvalue weighted by atomic mass is 10.1. The standard InChI is InChI=1S/C38H58N2O4S2/c1-5-7-9-11-13-15-17-25-39-29-45-35(31(39)3)23-27-43-37(41)33-19-21-34(22-20-33)38(42)44-28-24-36-32(4)40(30-46-36)26-18-16-14-12-10-8-6-2/h19-22,29-30H,5-18,23-28H2,1-4H3/q+2. The van der Waals surface area contributed by atoms with Crippen LogP contribution in [0.25, 0.3) is 0 Å². The van der Waals surface area contributed by atoms with Crippen molar-refractivity contribution in [3.05, 3.63) is 67.6 Å². The SMILES string of the molecule is CCCCCCCCC[n+]1csc(CCOC(=O)c2ccc(C(=O)OCCc3sc[n+](CCCCCCCCC)c3C)cc2)c1C. The monoisotopic (exact) mass is 670 g/mol. The van der Waals surface area contributed by atoms with Gasteiger partial charge in [0, 0.05) is 39.5 Å². The summed E-state index contributed by atoms with van der Waals surface area (Å²) in [4.78, 5) is 27.8. The van der Waals surface area contributed by atoms with Crippen molar-refractivity contribution >= 4 is 34.6 Å². The van der Waals surface area contributed by atoms with Crippen molar-refractivity contribution < 1.29 is 28.2 Å². The fraction of sp³-hybridized carbons (Fsp3) is 0.632. The van der Waals surface area contributed by atoms with Crippen molar-refractivity contribution in [2.24, 2.45) is 0 Å². The molecule has 0 aliphatic heterocycles. The topological polar surface area (TPSA) is 60.4 Å². The third-order valence-electron chi connectivity index (χ3n) is 8.80. The molecule has 8 heteroatoms. The Kier molecular flexibility index (Phi) is 18.2. The molecule has 0 N–H and O–H groups in total. The maximum Gasteiger partial charge on any atom is 0.338 e. The molecule has 0 unspecified atom stereocenters. The van der Waals surface area contributed by atoms with Crippen LogP contribution in [0.1, 0.15) is 146 Å². The molecule has 0 aliphatic carbocycles. The number of aryl methyl sites for hydroxylation is 2. The maximum absolute atomic E-state index is 12.6. The highest BCUT2D eigenvalue weighted by atomic mass is 32.1. The van der Waals surface area contributed by atoms with E-state index in [4.69, 9.17) is 9.47 Å². The van der Waals surface area contributed by atoms with E-state index in [-0.39, 0.29) is 11.9 Å². The van der Waals surface area contributed by atoms with Crippen LogP contribution in [0, 0.1) is 13.8 Å². The minimum absolute atomic E-state index is 0.336. The van der Waals surface area contributed by atoms with E-state index in [0.717, 1.165) is 13.1 Å². The summed E-state index contributed by atoms with van der Waals surface area (Å²) in [6.45, 7) is 11.6. The number of aromatic nitrogens is 2. The predicted molar refractivity (Wildman–Crippen MR) is 189 cm³/mol. The molecule has 2 aromatic heterocycles. The molecule has 0 saturated heterocycles. The Balaban J connectivity index is 1.32. The first-order valence-electron chi connectivity index (χ1n) is 17.8. The number of rotatable bonds is 24. The molecule has 0 atom stereocenters. The summed E-state index contributed by atoms with van der Waals surface area (Å²) < 4.78 is 15.8. The van der Waals surface area contributed by atoms with Crippen LogP contribution < -0.4 is 9.13 Å². The van der Waals surface area contributed by atoms with E-state index in [9.17, 15) is 9.59 Å². The Morgan fingerprint density at radius 2 is 0.913 bits per heavy atom. The number of carbonyl (C=O) groups excluding carboxylic acids is 2. The summed E-state index contributed by atoms with van der Waals surface area (Å²) in [6.07, 6.45) is 19.7. The smallest absolute Gasteiger partial charge is 0.338 e. The largest absolute Gasteiger partial charge is 0.462 e. The van der Waals surface area contributed by atoms with Crippen molar-refractivity contribution in [1.82, 2.24) is 0 Å². The van der Waals surface area contributed by atoms with E-state index in [0.29, 0.717) is 37.2 Å². The summed E-state index contributed by atoms with van der Waals surface area (Å²) in [7, 11) is 0. The average Bonchev–Trinajstić information content (AvgIpc) is 3.60. The molecule has 46 heavy (non-hydrogen) atoms. The van der Waals surface area contributed by atoms with Gasteiger partial charge in [-0.25, -0.2) is 9.59 Å². The highest BCUT2D eigenvalue weighted by Crippen LogP contribution is 2.16. The summed E-state index contributed by atoms with van der Waals surface area (Å²) in [5, 5.41) is 0. The number of ether oxygens (including phenoxy) is 2. The highest BCUT2D eigenvalue weighted by molar-refractivity contribution is 7.09. The van der Waals surface area contributed by atoms with Crippen LogP contribution in [-0.4, -0.2) is 25.2 Å². The molecule has 6 nitrogen and oxygen atoms in total. The van der Waals surface area contributed by atoms with Gasteiger partial charge in [-0.1, -0.05) is 101 Å². The van der Waals surface area contributed by atoms with Crippen molar-refractivity contribution in [2.45, 2.75) is 144 Å². The second-order valence-corrected chi connectivity index (χ2v) is 14.3. The van der Waals surface area contributed by atoms with Gasteiger partial charge in [0.2, 0.25) is 11.0 Å². The number of esters is 2. The van der Waals surface area contributed by atoms with Crippen molar-refractivity contribution in [2.75, 3.05) is 13.2 Å². The van der Waals surface area contributed by atoms with E-state index in [2.05, 4.69) is 47.9 Å². The molecule has 2 heterocycles. The molecule has 1 aromatic carbocycles. The molecule has 0 aliphatic rings. The van der Waals surface area contributed by atoms with Gasteiger partial charge in [0.1, 0.15) is 13.1 Å². The van der Waals surface area contributed by atoms with Gasteiger partial charge in [0.05, 0.1) is 34.1 Å². The zero-order chi connectivity index (χ0) is 33.0. The molecule has 0 radical (unpaired) electrons. The van der Waals surface area contributed by atoms with Crippen LogP contribution in [0.2, 0.25) is 0 Å². The first-order chi connectivity index (χ1) is 22.4. The first kappa shape index (κ1) is 37.9. The van der Waals surface area contributed by atoms with Crippen LogP contribution in [0.15, 0.2) is 35.3 Å². The van der Waals surface area contributed by atoms with E-state index >= 15 is 0 Å². The van der Waals surface area contributed by atoms with Crippen LogP contribution in [0.3, 0.4) is 0 Å². The van der Waals surface area contributed by atoms with Gasteiger partial charge in [0.15, 0.2) is 11.4 Å². The zero-order valence-corrected chi connectivity index (χ0v) is 30.6. The van der Waals surface area contributed by atoms with Gasteiger partial charge < -0.3 is 9.47 Å². The molecule has 0 fully saturated rings. The van der Waals surface area contributed by atoms with Crippen LogP contribution in [-0.2, 0) is 35.4 Å². The van der Waals surface area contributed by atoms with Gasteiger partial charge in [-0.05, 0) is 37.1 Å². The van der Waals surface area contributed by atoms with Crippen LogP contribution in [0.5, 0.6) is 0 Å². The van der Waals surface area contributed by atoms with Gasteiger partial charge in [0.25, 0.3) is 0 Å². The van der Waals surface area contributed by atoms with Gasteiger partial charge >= 0.3 is 11.9 Å². The van der Waals surface area contributed by atoms with E-state index in [1.54, 1.807) is 46.9 Å². The third-order valence-corrected chi connectivity index (χ3v) is 11.1. The normalized spacial score (nSPS) is 11.2. The number of hydrogen-bond acceptors (Lipinski definition) is 6. The van der Waals surface area contributed by atoms with Crippen molar-refractivity contribution in [3.63, 3.8) is 0 Å². The molecule has 0 spiro atoms. The third kappa shape index (κ3) is 13.3. The van der Waals surface area contributed by atoms with Crippen molar-refractivity contribution in [3.8, 4) is 0 Å². The van der Waals surface area contributed by atoms with Crippen molar-refractivity contribution in [1.29, 1.82) is 0 Å². The second kappa shape index (κ2) is 22.1. The molecule has 0 amide bonds. The van der Waals surface area contributed by atoms with Gasteiger partial charge in [-0.3, -0.25) is 0 Å². The summed E-state index contributed by atoms with van der Waals surface area (Å²) >= 11 is 3.47. The zero-order valence-electron chi connectivity index (χ0n) is 29.0. The quantitative estimate of drug-likeness (QED) is 0.0542. The van der Waals surface area contributed by atoms with Gasteiger partial charge in [-0.15, -0.1) is 0 Å². The second-order valence-electron chi connectivity index (χ2n) is 12.4. The highest BCUT2D eigenvalue weighted by Gasteiger charge is 2.18. The van der Waals surface area contributed by atoms with Crippen LogP contribution in [0.4, 0.5) is 0 Å². The fourth-order valence-electron chi connectivity index (χ4n) is 5.68. The lowest BCUT2D eigenvalue weighted by molar-refractivity contribution is -0.698. The van der Waals surface area contributed by atoms with Crippen LogP contribution >= 0.6 is 22.7 Å². The summed E-state index contributed by atoms with van der Waals surface area (Å²) in [5.41, 5.74) is 7.80. The Morgan fingerprint density at radius 1 is 0.565 bits per heavy atom. The minimum Gasteiger partial charge on any atom is -0.462 e. The predicted octanol–water partition coefficient (Wildman–Crippen LogP) is 9.30. The summed E-state index contributed by atoms with van der Waals surface area (Å²) in [6, 6.07) is 6.56. The number of carbonyl (C=O) groups is 2. The Morgan fingerprint density at radius 3 is 1.28 bits per heavy atom. The lowest BCUT2D eigenvalue weighted by Crippen LogP contribution is -2.34. The maximum atomic E-state index is 12.6. The Labute approximate surface area is 286 Å². The molecular formula is C38H58N2O4S2+2. The molecule has 0 saturated carbocycles. The number of hydrogen-bond donors (Lipinski definition) is 0. The molecule has 254 valence electrons. The molecule has 0 bridgehead atoms. The lowest BCUT2D eigenvalue weighted by Gasteiger charge is -2.06. The fourth-order valence-corrected chi connectivity index (χ4v) is 7.70. The van der Waals surface area contributed by atoms with E-state index < -0.39 is 0 Å². The van der Waals surface area contributed by atoms with Gasteiger partial charge in [-0.2, -0.15) is 9.13 Å². The number of nitrogens with zero attached hydrogens (tertiary/aromatic N) is 2. The van der Waals surface area contributed by atoms with E-state index in [1.165, 1.54) is 111 Å². The number of unbranched alkanes of at least 4 members (excludes halogenated alkanes) is 12. The molecule has 3 aromatic rings. The minimum atomic E-state index is -0.372.